The maximum Gasteiger partial charge on any atom is 0.0931 e. The van der Waals surface area contributed by atoms with E-state index in [2.05, 4.69) is 42.0 Å². The van der Waals surface area contributed by atoms with E-state index < -0.39 is 0 Å². The zero-order valence-electron chi connectivity index (χ0n) is 11.4. The van der Waals surface area contributed by atoms with Crippen molar-refractivity contribution in [3.05, 3.63) is 56.7 Å². The summed E-state index contributed by atoms with van der Waals surface area (Å²) in [5.74, 6) is 5.88. The normalized spacial score (nSPS) is 10.4. The number of hydrogen-bond acceptors (Lipinski definition) is 3. The number of nitrogens with two attached hydrogens (primary N) is 1. The molecule has 0 spiro atoms. The van der Waals surface area contributed by atoms with E-state index in [-0.39, 0.29) is 0 Å². The number of thiophene rings is 1. The fourth-order valence-electron chi connectivity index (χ4n) is 1.92. The van der Waals surface area contributed by atoms with Crippen molar-refractivity contribution in [2.75, 3.05) is 13.6 Å². The molecule has 0 radical (unpaired) electrons. The van der Waals surface area contributed by atoms with Crippen molar-refractivity contribution in [2.45, 2.75) is 13.1 Å². The molecule has 20 heavy (non-hydrogen) atoms. The highest BCUT2D eigenvalue weighted by atomic mass is 35.5. The average Bonchev–Trinajstić information content (AvgIpc) is 2.83. The molecular weight excluding hydrogens is 288 g/mol. The van der Waals surface area contributed by atoms with Gasteiger partial charge in [-0.2, -0.15) is 0 Å². The van der Waals surface area contributed by atoms with Crippen molar-refractivity contribution in [1.29, 1.82) is 0 Å². The minimum atomic E-state index is 0.397. The summed E-state index contributed by atoms with van der Waals surface area (Å²) in [5, 5.41) is 0. The molecule has 0 atom stereocenters. The summed E-state index contributed by atoms with van der Waals surface area (Å²) in [5.41, 5.74) is 7.64. The van der Waals surface area contributed by atoms with Crippen LogP contribution in [0.1, 0.15) is 16.0 Å². The number of rotatable bonds is 4. The lowest BCUT2D eigenvalue weighted by atomic mass is 10.1. The van der Waals surface area contributed by atoms with E-state index in [4.69, 9.17) is 17.3 Å². The van der Waals surface area contributed by atoms with Crippen molar-refractivity contribution in [2.24, 2.45) is 5.73 Å². The maximum atomic E-state index is 5.94. The molecule has 0 saturated heterocycles. The Kier molecular flexibility index (Phi) is 5.63. The van der Waals surface area contributed by atoms with Crippen LogP contribution in [0.25, 0.3) is 0 Å². The van der Waals surface area contributed by atoms with E-state index in [9.17, 15) is 0 Å². The van der Waals surface area contributed by atoms with Crippen LogP contribution in [-0.4, -0.2) is 18.5 Å². The molecule has 1 aromatic heterocycles. The molecule has 0 aliphatic rings. The first-order valence-corrected chi connectivity index (χ1v) is 7.57. The summed E-state index contributed by atoms with van der Waals surface area (Å²) in [7, 11) is 2.11. The first-order valence-electron chi connectivity index (χ1n) is 6.38. The molecule has 0 unspecified atom stereocenters. The van der Waals surface area contributed by atoms with Gasteiger partial charge in [-0.15, -0.1) is 11.3 Å². The largest absolute Gasteiger partial charge is 0.320 e. The van der Waals surface area contributed by atoms with Crippen molar-refractivity contribution >= 4 is 22.9 Å². The fraction of sp³-hybridized carbons (Fsp3) is 0.250. The SMILES string of the molecule is CN(Cc1ccc(C#CCN)cc1)Cc1ccc(Cl)s1. The Hall–Kier alpha value is -1.31. The zero-order valence-corrected chi connectivity index (χ0v) is 13.0. The summed E-state index contributed by atoms with van der Waals surface area (Å²) < 4.78 is 0.844. The highest BCUT2D eigenvalue weighted by Crippen LogP contribution is 2.22. The zero-order chi connectivity index (χ0) is 14.4. The molecule has 0 bridgehead atoms. The Bertz CT molecular complexity index is 607. The third-order valence-corrected chi connectivity index (χ3v) is 4.01. The third kappa shape index (κ3) is 4.66. The van der Waals surface area contributed by atoms with E-state index in [0.717, 1.165) is 23.0 Å². The third-order valence-electron chi connectivity index (χ3n) is 2.80. The Morgan fingerprint density at radius 1 is 1.15 bits per heavy atom. The molecule has 2 N–H and O–H groups in total. The van der Waals surface area contributed by atoms with Gasteiger partial charge in [0.05, 0.1) is 10.9 Å². The lowest BCUT2D eigenvalue weighted by Crippen LogP contribution is -2.16. The van der Waals surface area contributed by atoms with Gasteiger partial charge in [0.1, 0.15) is 0 Å². The Labute approximate surface area is 129 Å². The smallest absolute Gasteiger partial charge is 0.0931 e. The van der Waals surface area contributed by atoms with Crippen LogP contribution in [-0.2, 0) is 13.1 Å². The number of hydrogen-bond donors (Lipinski definition) is 1. The summed E-state index contributed by atoms with van der Waals surface area (Å²) in [4.78, 5) is 3.55. The number of halogens is 1. The van der Waals surface area contributed by atoms with Crippen molar-refractivity contribution in [1.82, 2.24) is 4.90 Å². The van der Waals surface area contributed by atoms with Crippen molar-refractivity contribution < 1.29 is 0 Å². The van der Waals surface area contributed by atoms with Gasteiger partial charge in [-0.1, -0.05) is 35.6 Å². The Balaban J connectivity index is 1.92. The molecule has 1 aromatic carbocycles. The van der Waals surface area contributed by atoms with Gasteiger partial charge in [0.25, 0.3) is 0 Å². The molecule has 2 nitrogen and oxygen atoms in total. The van der Waals surface area contributed by atoms with Crippen molar-refractivity contribution in [3.8, 4) is 11.8 Å². The molecule has 0 saturated carbocycles. The van der Waals surface area contributed by atoms with Crippen LogP contribution in [0.4, 0.5) is 0 Å². The quantitative estimate of drug-likeness (QED) is 0.878. The molecule has 0 fully saturated rings. The second kappa shape index (κ2) is 7.47. The average molecular weight is 305 g/mol. The standard InChI is InChI=1S/C16H17ClN2S/c1-19(12-15-8-9-16(17)20-15)11-14-6-4-13(5-7-14)3-2-10-18/h4-9H,10-12,18H2,1H3. The topological polar surface area (TPSA) is 29.3 Å². The number of nitrogens with zero attached hydrogens (tertiary/aromatic N) is 1. The minimum Gasteiger partial charge on any atom is -0.320 e. The van der Waals surface area contributed by atoms with Gasteiger partial charge in [0.15, 0.2) is 0 Å². The molecule has 2 rings (SSSR count). The van der Waals surface area contributed by atoms with E-state index >= 15 is 0 Å². The van der Waals surface area contributed by atoms with Gasteiger partial charge in [-0.25, -0.2) is 0 Å². The van der Waals surface area contributed by atoms with Crippen LogP contribution in [0, 0.1) is 11.8 Å². The maximum absolute atomic E-state index is 5.94. The summed E-state index contributed by atoms with van der Waals surface area (Å²) in [6.45, 7) is 2.21. The van der Waals surface area contributed by atoms with Crippen LogP contribution in [0.3, 0.4) is 0 Å². The van der Waals surface area contributed by atoms with Crippen LogP contribution < -0.4 is 5.73 Å². The van der Waals surface area contributed by atoms with E-state index in [0.29, 0.717) is 6.54 Å². The molecule has 104 valence electrons. The molecule has 0 amide bonds. The van der Waals surface area contributed by atoms with Gasteiger partial charge in [-0.05, 0) is 36.9 Å². The molecule has 0 aliphatic heterocycles. The highest BCUT2D eigenvalue weighted by Gasteiger charge is 2.04. The summed E-state index contributed by atoms with van der Waals surface area (Å²) in [6, 6.07) is 12.3. The van der Waals surface area contributed by atoms with Crippen LogP contribution in [0.15, 0.2) is 36.4 Å². The molecule has 2 aromatic rings. The Morgan fingerprint density at radius 2 is 1.90 bits per heavy atom. The van der Waals surface area contributed by atoms with E-state index in [1.807, 2.05) is 18.2 Å². The van der Waals surface area contributed by atoms with E-state index in [1.54, 1.807) is 11.3 Å². The predicted octanol–water partition coefficient (Wildman–Crippen LogP) is 3.34. The molecule has 4 heteroatoms. The van der Waals surface area contributed by atoms with Crippen LogP contribution in [0.2, 0.25) is 4.34 Å². The van der Waals surface area contributed by atoms with Gasteiger partial charge in [0, 0.05) is 23.5 Å². The first kappa shape index (κ1) is 15.1. The van der Waals surface area contributed by atoms with Gasteiger partial charge < -0.3 is 5.73 Å². The summed E-state index contributed by atoms with van der Waals surface area (Å²) >= 11 is 7.57. The van der Waals surface area contributed by atoms with Gasteiger partial charge >= 0.3 is 0 Å². The highest BCUT2D eigenvalue weighted by molar-refractivity contribution is 7.16. The second-order valence-corrected chi connectivity index (χ2v) is 6.38. The number of benzene rings is 1. The van der Waals surface area contributed by atoms with Crippen LogP contribution in [0.5, 0.6) is 0 Å². The van der Waals surface area contributed by atoms with Gasteiger partial charge in [-0.3, -0.25) is 4.90 Å². The first-order chi connectivity index (χ1) is 9.67. The Morgan fingerprint density at radius 3 is 2.50 bits per heavy atom. The minimum absolute atomic E-state index is 0.397. The summed E-state index contributed by atoms with van der Waals surface area (Å²) in [6.07, 6.45) is 0. The molecular formula is C16H17ClN2S. The molecule has 1 heterocycles. The fourth-order valence-corrected chi connectivity index (χ4v) is 3.08. The second-order valence-electron chi connectivity index (χ2n) is 4.58. The van der Waals surface area contributed by atoms with Crippen LogP contribution >= 0.6 is 22.9 Å². The molecule has 0 aliphatic carbocycles. The van der Waals surface area contributed by atoms with Gasteiger partial charge in [0.2, 0.25) is 0 Å². The lowest BCUT2D eigenvalue weighted by molar-refractivity contribution is 0.322. The lowest BCUT2D eigenvalue weighted by Gasteiger charge is -2.15. The van der Waals surface area contributed by atoms with Crippen molar-refractivity contribution in [3.63, 3.8) is 0 Å². The predicted molar refractivity (Wildman–Crippen MR) is 86.9 cm³/mol. The monoisotopic (exact) mass is 304 g/mol. The van der Waals surface area contributed by atoms with E-state index in [1.165, 1.54) is 10.4 Å².